The Morgan fingerprint density at radius 2 is 1.72 bits per heavy atom. The monoisotopic (exact) mass is 452 g/mol. The standard InChI is InChI=1S/C23H21BrN2O3/c1-23(2,3)22(29)25-12-11-14-5-4-6-17(20(14)25)18-13-19(27)26(21(18)28)16-9-7-15(24)8-10-16/h4-10,13H,11-12H2,1-3H3. The summed E-state index contributed by atoms with van der Waals surface area (Å²) in [5.74, 6) is -0.747. The molecule has 0 radical (unpaired) electrons. The summed E-state index contributed by atoms with van der Waals surface area (Å²) in [6, 6.07) is 12.7. The summed E-state index contributed by atoms with van der Waals surface area (Å²) < 4.78 is 0.866. The molecule has 2 aliphatic heterocycles. The highest BCUT2D eigenvalue weighted by Gasteiger charge is 2.38. The van der Waals surface area contributed by atoms with Gasteiger partial charge in [-0.3, -0.25) is 14.4 Å². The Bertz CT molecular complexity index is 1060. The molecule has 29 heavy (non-hydrogen) atoms. The lowest BCUT2D eigenvalue weighted by atomic mass is 9.93. The lowest BCUT2D eigenvalue weighted by Crippen LogP contribution is -2.39. The zero-order chi connectivity index (χ0) is 20.9. The molecule has 0 spiro atoms. The van der Waals surface area contributed by atoms with E-state index in [4.69, 9.17) is 0 Å². The molecule has 148 valence electrons. The summed E-state index contributed by atoms with van der Waals surface area (Å²) in [7, 11) is 0. The summed E-state index contributed by atoms with van der Waals surface area (Å²) in [6.45, 7) is 6.23. The number of hydrogen-bond acceptors (Lipinski definition) is 3. The fourth-order valence-corrected chi connectivity index (χ4v) is 4.04. The van der Waals surface area contributed by atoms with E-state index in [1.807, 2.05) is 39.0 Å². The Balaban J connectivity index is 1.76. The number of nitrogens with zero attached hydrogens (tertiary/aromatic N) is 2. The smallest absolute Gasteiger partial charge is 0.266 e. The van der Waals surface area contributed by atoms with Gasteiger partial charge in [-0.15, -0.1) is 0 Å². The number of carbonyl (C=O) groups is 3. The molecular formula is C23H21BrN2O3. The minimum Gasteiger partial charge on any atom is -0.311 e. The van der Waals surface area contributed by atoms with E-state index in [2.05, 4.69) is 15.9 Å². The van der Waals surface area contributed by atoms with Crippen LogP contribution in [-0.2, 0) is 20.8 Å². The topological polar surface area (TPSA) is 57.7 Å². The van der Waals surface area contributed by atoms with E-state index in [0.29, 0.717) is 23.4 Å². The largest absolute Gasteiger partial charge is 0.311 e. The quantitative estimate of drug-likeness (QED) is 0.636. The van der Waals surface area contributed by atoms with Gasteiger partial charge in [-0.25, -0.2) is 4.90 Å². The Labute approximate surface area is 178 Å². The second-order valence-electron chi connectivity index (χ2n) is 8.28. The van der Waals surface area contributed by atoms with Gasteiger partial charge in [0, 0.05) is 28.1 Å². The zero-order valence-corrected chi connectivity index (χ0v) is 18.1. The molecule has 0 saturated carbocycles. The molecule has 0 aliphatic carbocycles. The molecule has 0 bridgehead atoms. The Kier molecular flexibility index (Phi) is 4.69. The molecule has 3 amide bonds. The van der Waals surface area contributed by atoms with Crippen molar-refractivity contribution in [3.63, 3.8) is 0 Å². The van der Waals surface area contributed by atoms with E-state index in [1.165, 1.54) is 11.0 Å². The lowest BCUT2D eigenvalue weighted by Gasteiger charge is -2.28. The average Bonchev–Trinajstić information content (AvgIpc) is 3.22. The average molecular weight is 453 g/mol. The SMILES string of the molecule is CC(C)(C)C(=O)N1CCc2cccc(C3=CC(=O)N(c4ccc(Br)cc4)C3=O)c21. The van der Waals surface area contributed by atoms with Crippen molar-refractivity contribution in [2.24, 2.45) is 5.41 Å². The van der Waals surface area contributed by atoms with Gasteiger partial charge in [-0.05, 0) is 36.2 Å². The number of benzene rings is 2. The first-order valence-corrected chi connectivity index (χ1v) is 10.3. The molecule has 2 aromatic rings. The maximum Gasteiger partial charge on any atom is 0.266 e. The van der Waals surface area contributed by atoms with Gasteiger partial charge in [-0.2, -0.15) is 0 Å². The fourth-order valence-electron chi connectivity index (χ4n) is 3.78. The summed E-state index contributed by atoms with van der Waals surface area (Å²) in [6.07, 6.45) is 2.11. The normalized spacial score (nSPS) is 16.3. The summed E-state index contributed by atoms with van der Waals surface area (Å²) in [5.41, 5.74) is 2.70. The Morgan fingerprint density at radius 1 is 1.03 bits per heavy atom. The molecule has 0 fully saturated rings. The second-order valence-corrected chi connectivity index (χ2v) is 9.20. The van der Waals surface area contributed by atoms with Crippen LogP contribution >= 0.6 is 15.9 Å². The number of fused-ring (bicyclic) bond motifs is 1. The highest BCUT2D eigenvalue weighted by Crippen LogP contribution is 2.40. The first-order chi connectivity index (χ1) is 13.7. The van der Waals surface area contributed by atoms with Crippen molar-refractivity contribution in [2.75, 3.05) is 16.3 Å². The molecule has 5 nitrogen and oxygen atoms in total. The van der Waals surface area contributed by atoms with Crippen molar-refractivity contribution < 1.29 is 14.4 Å². The number of amides is 3. The number of imide groups is 1. The van der Waals surface area contributed by atoms with Crippen molar-refractivity contribution in [3.8, 4) is 0 Å². The molecule has 0 N–H and O–H groups in total. The molecule has 2 heterocycles. The van der Waals surface area contributed by atoms with E-state index in [1.54, 1.807) is 29.2 Å². The number of anilines is 2. The van der Waals surface area contributed by atoms with Crippen LogP contribution in [0.25, 0.3) is 5.57 Å². The number of carbonyl (C=O) groups excluding carboxylic acids is 3. The number of para-hydroxylation sites is 1. The van der Waals surface area contributed by atoms with Crippen LogP contribution in [-0.4, -0.2) is 24.3 Å². The van der Waals surface area contributed by atoms with Crippen LogP contribution in [0.15, 0.2) is 53.0 Å². The van der Waals surface area contributed by atoms with Crippen LogP contribution in [0.1, 0.15) is 31.9 Å². The van der Waals surface area contributed by atoms with Gasteiger partial charge in [0.05, 0.1) is 16.9 Å². The third-order valence-electron chi connectivity index (χ3n) is 5.18. The van der Waals surface area contributed by atoms with Crippen LogP contribution in [0.2, 0.25) is 0 Å². The van der Waals surface area contributed by atoms with Gasteiger partial charge in [0.1, 0.15) is 0 Å². The third kappa shape index (κ3) is 3.31. The summed E-state index contributed by atoms with van der Waals surface area (Å²) in [4.78, 5) is 41.8. The maximum atomic E-state index is 13.2. The maximum absolute atomic E-state index is 13.2. The molecule has 0 saturated heterocycles. The highest BCUT2D eigenvalue weighted by molar-refractivity contribution is 9.10. The first-order valence-electron chi connectivity index (χ1n) is 9.48. The van der Waals surface area contributed by atoms with Crippen LogP contribution < -0.4 is 9.80 Å². The number of halogens is 1. The van der Waals surface area contributed by atoms with Gasteiger partial charge in [0.2, 0.25) is 5.91 Å². The van der Waals surface area contributed by atoms with Crippen LogP contribution in [0, 0.1) is 5.41 Å². The summed E-state index contributed by atoms with van der Waals surface area (Å²) in [5, 5.41) is 0. The van der Waals surface area contributed by atoms with Gasteiger partial charge < -0.3 is 4.90 Å². The van der Waals surface area contributed by atoms with Crippen molar-refractivity contribution in [1.29, 1.82) is 0 Å². The first kappa shape index (κ1) is 19.6. The van der Waals surface area contributed by atoms with E-state index in [-0.39, 0.29) is 17.7 Å². The van der Waals surface area contributed by atoms with Crippen LogP contribution in [0.3, 0.4) is 0 Å². The van der Waals surface area contributed by atoms with Gasteiger partial charge in [-0.1, -0.05) is 54.9 Å². The van der Waals surface area contributed by atoms with E-state index in [0.717, 1.165) is 22.1 Å². The van der Waals surface area contributed by atoms with Crippen molar-refractivity contribution in [3.05, 3.63) is 64.1 Å². The molecule has 4 rings (SSSR count). The molecule has 0 unspecified atom stereocenters. The van der Waals surface area contributed by atoms with E-state index in [9.17, 15) is 14.4 Å². The second kappa shape index (κ2) is 6.95. The minimum absolute atomic E-state index is 0.00541. The number of rotatable bonds is 2. The van der Waals surface area contributed by atoms with Gasteiger partial charge >= 0.3 is 0 Å². The van der Waals surface area contributed by atoms with E-state index < -0.39 is 5.41 Å². The molecule has 2 aliphatic rings. The van der Waals surface area contributed by atoms with E-state index >= 15 is 0 Å². The lowest BCUT2D eigenvalue weighted by molar-refractivity contribution is -0.125. The van der Waals surface area contributed by atoms with Crippen molar-refractivity contribution >= 4 is 50.6 Å². The van der Waals surface area contributed by atoms with Crippen LogP contribution in [0.4, 0.5) is 11.4 Å². The predicted octanol–water partition coefficient (Wildman–Crippen LogP) is 4.34. The molecular weight excluding hydrogens is 432 g/mol. The molecule has 0 atom stereocenters. The molecule has 2 aromatic carbocycles. The van der Waals surface area contributed by atoms with Crippen molar-refractivity contribution in [1.82, 2.24) is 0 Å². The summed E-state index contributed by atoms with van der Waals surface area (Å²) >= 11 is 3.36. The zero-order valence-electron chi connectivity index (χ0n) is 16.5. The number of hydrogen-bond donors (Lipinski definition) is 0. The van der Waals surface area contributed by atoms with Crippen molar-refractivity contribution in [2.45, 2.75) is 27.2 Å². The van der Waals surface area contributed by atoms with Gasteiger partial charge in [0.25, 0.3) is 11.8 Å². The highest BCUT2D eigenvalue weighted by atomic mass is 79.9. The third-order valence-corrected chi connectivity index (χ3v) is 5.71. The van der Waals surface area contributed by atoms with Gasteiger partial charge in [0.15, 0.2) is 0 Å². The Hall–Kier alpha value is -2.73. The molecule has 6 heteroatoms. The van der Waals surface area contributed by atoms with Crippen LogP contribution in [0.5, 0.6) is 0 Å². The Morgan fingerprint density at radius 3 is 2.38 bits per heavy atom. The fraction of sp³-hybridized carbons (Fsp3) is 0.261. The molecule has 0 aromatic heterocycles. The minimum atomic E-state index is -0.540. The predicted molar refractivity (Wildman–Crippen MR) is 117 cm³/mol.